The number of ether oxygens (including phenoxy) is 6. The summed E-state index contributed by atoms with van der Waals surface area (Å²) in [6.45, 7) is 4.31. The molecule has 0 spiro atoms. The van der Waals surface area contributed by atoms with E-state index in [1.165, 1.54) is 42.7 Å². The third kappa shape index (κ3) is 27.2. The number of hydrogen-bond acceptors (Lipinski definition) is 22. The van der Waals surface area contributed by atoms with Crippen LogP contribution in [0.3, 0.4) is 0 Å². The second kappa shape index (κ2) is 34.6. The number of hydrogen-bond donors (Lipinski definition) is 2. The van der Waals surface area contributed by atoms with Crippen LogP contribution in [0.5, 0.6) is 0 Å². The van der Waals surface area contributed by atoms with Crippen LogP contribution < -0.4 is 40.2 Å². The molecule has 0 amide bonds. The second-order valence-electron chi connectivity index (χ2n) is 15.7. The molecule has 0 bridgehead atoms. The summed E-state index contributed by atoms with van der Waals surface area (Å²) in [6.07, 6.45) is 0. The number of benzene rings is 6. The molecule has 6 aromatic rings. The summed E-state index contributed by atoms with van der Waals surface area (Å²) in [6, 6.07) is 43.9. The zero-order valence-corrected chi connectivity index (χ0v) is 54.2. The number of carbonyl (C=O) groups is 6. The number of methoxy groups -OCH3 is 6. The van der Waals surface area contributed by atoms with E-state index >= 15 is 0 Å². The fourth-order valence-corrected chi connectivity index (χ4v) is 13.2. The van der Waals surface area contributed by atoms with Gasteiger partial charge in [0.1, 0.15) is 46.4 Å². The number of esters is 6. The van der Waals surface area contributed by atoms with E-state index in [2.05, 4.69) is 53.7 Å². The Kier molecular flexibility index (Phi) is 31.5. The van der Waals surface area contributed by atoms with Crippen LogP contribution >= 0.6 is 54.9 Å². The molecule has 84 heavy (non-hydrogen) atoms. The van der Waals surface area contributed by atoms with E-state index in [1.54, 1.807) is 72.8 Å². The van der Waals surface area contributed by atoms with Gasteiger partial charge in [0.25, 0.3) is 0 Å². The Hall–Kier alpha value is -5.52. The van der Waals surface area contributed by atoms with Gasteiger partial charge in [-0.1, -0.05) is 0 Å². The molecular formula is C50H50Cl4Mn4O24P2. The Bertz CT molecular complexity index is 3050. The first-order chi connectivity index (χ1) is 38.7. The fraction of sp³-hybridized carbons (Fsp3) is 0.160. The Morgan fingerprint density at radius 2 is 0.393 bits per heavy atom. The molecule has 6 rings (SSSR count). The third-order valence-electron chi connectivity index (χ3n) is 10.8. The van der Waals surface area contributed by atoms with Crippen LogP contribution in [-0.2, 0) is 108 Å². The summed E-state index contributed by atoms with van der Waals surface area (Å²) in [5, 5.41) is 6.18. The van der Waals surface area contributed by atoms with Crippen molar-refractivity contribution in [3.8, 4) is 0 Å². The Labute approximate surface area is 506 Å². The molecule has 0 radical (unpaired) electrons. The average molecular weight is 1460 g/mol. The van der Waals surface area contributed by atoms with Gasteiger partial charge < -0.3 is 28.4 Å². The molecule has 0 unspecified atom stereocenters. The molecule has 34 heteroatoms. The van der Waals surface area contributed by atoms with E-state index in [-0.39, 0.29) is 0 Å². The number of halogens is 4. The molecule has 0 fully saturated rings. The van der Waals surface area contributed by atoms with Crippen molar-refractivity contribution < 1.29 is 153 Å². The van der Waals surface area contributed by atoms with Crippen LogP contribution in [0, 0.1) is 0 Å². The van der Waals surface area contributed by atoms with Gasteiger partial charge in [0.2, 0.25) is 0 Å². The standard InChI is InChI=1S/2C25H24O6P.4ClH.4Mn.2H2O.10O/c2*1-29-23(26)17-5-11-20(12-6-17)32(4,21-13-7-18(8-14-21)24(27)30-2)22-15-9-19(10-16-22)25(28)31-3;;;;;;;;;;;;;;;;;;;;/h2*5-16H,1-4H3;4*1H;;;;;2*1H2;;;;;;;;;;/q2*+1;;;;;2*+1;2*+2;;;;;;;;;;;2*-1/p-6. The third-order valence-corrected chi connectivity index (χ3v) is 18.8. The van der Waals surface area contributed by atoms with Gasteiger partial charge >= 0.3 is 172 Å². The topological polar surface area (TPSA) is 381 Å². The summed E-state index contributed by atoms with van der Waals surface area (Å²) in [5.74, 6) is -2.41. The average Bonchev–Trinajstić information content (AvgIpc) is 3.44. The molecule has 0 aliphatic carbocycles. The van der Waals surface area contributed by atoms with E-state index in [1.807, 2.05) is 72.8 Å². The molecule has 2 N–H and O–H groups in total. The summed E-state index contributed by atoms with van der Waals surface area (Å²) in [7, 11) is 20.0. The molecule has 0 aliphatic heterocycles. The molecule has 24 nitrogen and oxygen atoms in total. The second-order valence-corrected chi connectivity index (χ2v) is 33.4. The fourth-order valence-electron chi connectivity index (χ4n) is 6.98. The van der Waals surface area contributed by atoms with E-state index in [4.69, 9.17) is 75.9 Å². The van der Waals surface area contributed by atoms with Crippen LogP contribution in [0.25, 0.3) is 0 Å². The quantitative estimate of drug-likeness (QED) is 0.0748. The summed E-state index contributed by atoms with van der Waals surface area (Å²) < 4.78 is 133. The van der Waals surface area contributed by atoms with Crippen molar-refractivity contribution in [2.75, 3.05) is 56.0 Å². The maximum atomic E-state index is 11.9. The predicted molar refractivity (Wildman–Crippen MR) is 284 cm³/mol. The molecule has 0 saturated heterocycles. The predicted octanol–water partition coefficient (Wildman–Crippen LogP) is 4.25. The Morgan fingerprint density at radius 1 is 0.310 bits per heavy atom. The first-order valence-corrected chi connectivity index (χ1v) is 38.9. The molecule has 460 valence electrons. The van der Waals surface area contributed by atoms with Crippen molar-refractivity contribution in [2.24, 2.45) is 0 Å². The minimum atomic E-state index is -4.90. The van der Waals surface area contributed by atoms with E-state index in [0.29, 0.717) is 33.4 Å². The van der Waals surface area contributed by atoms with Gasteiger partial charge in [-0.15, -0.1) is 0 Å². The van der Waals surface area contributed by atoms with E-state index in [0.717, 1.165) is 31.8 Å². The van der Waals surface area contributed by atoms with Crippen molar-refractivity contribution in [1.82, 2.24) is 0 Å². The van der Waals surface area contributed by atoms with Crippen LogP contribution in [0.4, 0.5) is 0 Å². The Morgan fingerprint density at radius 3 is 0.464 bits per heavy atom. The molecule has 6 aromatic carbocycles. The Balaban J connectivity index is 0.000000634. The van der Waals surface area contributed by atoms with Crippen molar-refractivity contribution in [2.45, 2.75) is 0 Å². The van der Waals surface area contributed by atoms with Crippen LogP contribution in [0.2, 0.25) is 0 Å². The number of rotatable bonds is 12. The van der Waals surface area contributed by atoms with E-state index < -0.39 is 98.8 Å². The zero-order chi connectivity index (χ0) is 64.6. The summed E-state index contributed by atoms with van der Waals surface area (Å²) in [4.78, 5) is 71.2. The SMILES string of the molecule is COC(=O)c1ccc([P+](C)(c2ccc(C(=O)OC)cc2)c2ccc(C(=O)OC)cc2)cc1.COC(=O)c1ccc([P+](C)(c2ccc(C(=O)OC)cc2)c2ccc(C(=O)OC)cc2)cc1.[O]=[Mn](=[O])([O-])[Cl].[O]=[Mn](=[O])([O-])[Cl].[O]=[Mn](=[O])([OH])[Cl].[O]=[Mn](=[O])([OH])[Cl]. The zero-order valence-electron chi connectivity index (χ0n) is 44.7. The molecular weight excluding hydrogens is 1410 g/mol. The normalized spacial score (nSPS) is 11.0. The van der Waals surface area contributed by atoms with Gasteiger partial charge in [0, 0.05) is 0 Å². The van der Waals surface area contributed by atoms with Crippen molar-refractivity contribution >= 4 is 123 Å². The van der Waals surface area contributed by atoms with Gasteiger partial charge in [-0.2, -0.15) is 0 Å². The van der Waals surface area contributed by atoms with Gasteiger partial charge in [-0.05, 0) is 146 Å². The molecule has 0 atom stereocenters. The van der Waals surface area contributed by atoms with Gasteiger partial charge in [0.15, 0.2) is 0 Å². The summed E-state index contributed by atoms with van der Waals surface area (Å²) in [5.41, 5.74) is 2.78. The van der Waals surface area contributed by atoms with Gasteiger partial charge in [0.05, 0.1) is 89.4 Å². The van der Waals surface area contributed by atoms with E-state index in [9.17, 15) is 28.8 Å². The molecule has 0 aliphatic rings. The first kappa shape index (κ1) is 76.5. The monoisotopic (exact) mass is 1460 g/mol. The van der Waals surface area contributed by atoms with Crippen LogP contribution in [0.15, 0.2) is 146 Å². The molecule has 0 aromatic heterocycles. The number of carbonyl (C=O) groups excluding carboxylic acids is 6. The molecule has 0 saturated carbocycles. The van der Waals surface area contributed by atoms with Gasteiger partial charge in [-0.25, -0.2) is 28.8 Å². The molecule has 0 heterocycles. The van der Waals surface area contributed by atoms with Crippen molar-refractivity contribution in [1.29, 1.82) is 0 Å². The van der Waals surface area contributed by atoms with Crippen molar-refractivity contribution in [3.63, 3.8) is 0 Å². The van der Waals surface area contributed by atoms with Crippen LogP contribution in [-0.4, -0.2) is 100 Å². The minimum absolute atomic E-state index is 0.401. The van der Waals surface area contributed by atoms with Gasteiger partial charge in [-0.3, -0.25) is 0 Å². The van der Waals surface area contributed by atoms with Crippen LogP contribution in [0.1, 0.15) is 62.1 Å². The maximum absolute atomic E-state index is 11.9. The van der Waals surface area contributed by atoms with Crippen molar-refractivity contribution in [3.05, 3.63) is 179 Å². The summed E-state index contributed by atoms with van der Waals surface area (Å²) >= 11 is -19.1. The first-order valence-electron chi connectivity index (χ1n) is 22.0.